The van der Waals surface area contributed by atoms with Gasteiger partial charge in [-0.25, -0.2) is 9.97 Å². The van der Waals surface area contributed by atoms with Crippen LogP contribution in [0.4, 0.5) is 0 Å². The van der Waals surface area contributed by atoms with E-state index in [0.717, 1.165) is 22.8 Å². The monoisotopic (exact) mass is 328 g/mol. The van der Waals surface area contributed by atoms with Crippen molar-refractivity contribution in [1.29, 1.82) is 0 Å². The summed E-state index contributed by atoms with van der Waals surface area (Å²) in [6, 6.07) is 8.39. The fraction of sp³-hybridized carbons (Fsp3) is 0.333. The van der Waals surface area contributed by atoms with Gasteiger partial charge < -0.3 is 0 Å². The number of rotatable bonds is 7. The molecule has 0 radical (unpaired) electrons. The third-order valence-electron chi connectivity index (χ3n) is 3.68. The van der Waals surface area contributed by atoms with Crippen molar-refractivity contribution in [3.63, 3.8) is 0 Å². The quantitative estimate of drug-likeness (QED) is 0.493. The van der Waals surface area contributed by atoms with Gasteiger partial charge in [-0.15, -0.1) is 22.7 Å². The first-order valence-corrected chi connectivity index (χ1v) is 9.58. The Morgan fingerprint density at radius 2 is 1.95 bits per heavy atom. The Hall–Kier alpha value is -1.52. The van der Waals surface area contributed by atoms with E-state index >= 15 is 0 Å². The molecule has 4 heteroatoms. The molecule has 0 aliphatic carbocycles. The molecule has 0 aliphatic heterocycles. The molecule has 22 heavy (non-hydrogen) atoms. The van der Waals surface area contributed by atoms with Crippen molar-refractivity contribution in [2.75, 3.05) is 0 Å². The molecule has 2 nitrogen and oxygen atoms in total. The van der Waals surface area contributed by atoms with Crippen molar-refractivity contribution in [2.45, 2.75) is 39.0 Å². The lowest BCUT2D eigenvalue weighted by molar-refractivity contribution is 0.668. The number of unbranched alkanes of at least 4 members (excludes halogenated alkanes) is 3. The van der Waals surface area contributed by atoms with Crippen LogP contribution in [0.15, 0.2) is 41.2 Å². The van der Waals surface area contributed by atoms with Crippen LogP contribution in [0.5, 0.6) is 0 Å². The number of aromatic nitrogens is 2. The summed E-state index contributed by atoms with van der Waals surface area (Å²) in [6.07, 6.45) is 8.22. The maximum atomic E-state index is 4.77. The van der Waals surface area contributed by atoms with Gasteiger partial charge >= 0.3 is 0 Å². The van der Waals surface area contributed by atoms with Crippen LogP contribution in [0.2, 0.25) is 0 Å². The zero-order valence-corrected chi connectivity index (χ0v) is 14.4. The lowest BCUT2D eigenvalue weighted by atomic mass is 10.1. The van der Waals surface area contributed by atoms with Crippen molar-refractivity contribution < 1.29 is 0 Å². The van der Waals surface area contributed by atoms with Gasteiger partial charge in [0.05, 0.1) is 15.4 Å². The molecular formula is C18H20N2S2. The normalized spacial score (nSPS) is 11.0. The number of nitrogens with zero attached hydrogens (tertiary/aromatic N) is 2. The largest absolute Gasteiger partial charge is 0.236 e. The number of aryl methyl sites for hydroxylation is 1. The van der Waals surface area contributed by atoms with Gasteiger partial charge in [0.25, 0.3) is 0 Å². The van der Waals surface area contributed by atoms with Crippen LogP contribution >= 0.6 is 22.7 Å². The van der Waals surface area contributed by atoms with Gasteiger partial charge in [-0.3, -0.25) is 0 Å². The predicted octanol–water partition coefficient (Wildman–Crippen LogP) is 6.06. The molecule has 0 bridgehead atoms. The first-order valence-electron chi connectivity index (χ1n) is 7.82. The second kappa shape index (κ2) is 7.65. The molecule has 0 saturated heterocycles. The van der Waals surface area contributed by atoms with Crippen molar-refractivity contribution in [3.05, 3.63) is 46.8 Å². The molecular weight excluding hydrogens is 308 g/mol. The Labute approximate surface area is 139 Å². The highest BCUT2D eigenvalue weighted by molar-refractivity contribution is 7.14. The number of thiophene rings is 2. The average Bonchev–Trinajstić information content (AvgIpc) is 3.23. The molecule has 3 heterocycles. The highest BCUT2D eigenvalue weighted by Gasteiger charge is 2.10. The molecule has 0 saturated carbocycles. The van der Waals surface area contributed by atoms with E-state index < -0.39 is 0 Å². The van der Waals surface area contributed by atoms with Crippen molar-refractivity contribution >= 4 is 22.7 Å². The summed E-state index contributed by atoms with van der Waals surface area (Å²) in [5, 5.41) is 4.24. The van der Waals surface area contributed by atoms with Crippen LogP contribution in [-0.2, 0) is 6.42 Å². The van der Waals surface area contributed by atoms with Crippen molar-refractivity contribution in [3.8, 4) is 21.3 Å². The van der Waals surface area contributed by atoms with E-state index in [2.05, 4.69) is 34.8 Å². The molecule has 0 atom stereocenters. The SMILES string of the molecule is CCCCCCc1ccsc1-c1ccnc(-c2cccs2)n1. The molecule has 0 spiro atoms. The second-order valence-electron chi connectivity index (χ2n) is 5.33. The zero-order chi connectivity index (χ0) is 15.2. The molecule has 3 rings (SSSR count). The maximum absolute atomic E-state index is 4.77. The first-order chi connectivity index (χ1) is 10.9. The van der Waals surface area contributed by atoms with Gasteiger partial charge in [0, 0.05) is 6.20 Å². The first kappa shape index (κ1) is 15.4. The fourth-order valence-electron chi connectivity index (χ4n) is 2.51. The molecule has 0 unspecified atom stereocenters. The summed E-state index contributed by atoms with van der Waals surface area (Å²) in [5.74, 6) is 0.831. The van der Waals surface area contributed by atoms with E-state index in [1.165, 1.54) is 36.1 Å². The topological polar surface area (TPSA) is 25.8 Å². The minimum atomic E-state index is 0.831. The van der Waals surface area contributed by atoms with E-state index in [1.54, 1.807) is 22.7 Å². The highest BCUT2D eigenvalue weighted by Crippen LogP contribution is 2.31. The second-order valence-corrected chi connectivity index (χ2v) is 7.19. The number of hydrogen-bond donors (Lipinski definition) is 0. The summed E-state index contributed by atoms with van der Waals surface area (Å²) in [5.41, 5.74) is 2.48. The molecule has 0 aromatic carbocycles. The van der Waals surface area contributed by atoms with Crippen LogP contribution in [-0.4, -0.2) is 9.97 Å². The van der Waals surface area contributed by atoms with Crippen LogP contribution < -0.4 is 0 Å². The van der Waals surface area contributed by atoms with Crippen LogP contribution in [0.3, 0.4) is 0 Å². The lowest BCUT2D eigenvalue weighted by Crippen LogP contribution is -1.91. The van der Waals surface area contributed by atoms with Gasteiger partial charge in [-0.1, -0.05) is 32.3 Å². The molecule has 0 amide bonds. The van der Waals surface area contributed by atoms with Crippen LogP contribution in [0, 0.1) is 0 Å². The molecule has 0 N–H and O–H groups in total. The molecule has 3 aromatic rings. The molecule has 3 aromatic heterocycles. The van der Waals surface area contributed by atoms with E-state index in [1.807, 2.05) is 18.3 Å². The van der Waals surface area contributed by atoms with Crippen LogP contribution in [0.25, 0.3) is 21.3 Å². The average molecular weight is 329 g/mol. The summed E-state index contributed by atoms with van der Waals surface area (Å²) >= 11 is 3.47. The van der Waals surface area contributed by atoms with Gasteiger partial charge in [0.15, 0.2) is 5.82 Å². The Kier molecular flexibility index (Phi) is 5.35. The van der Waals surface area contributed by atoms with E-state index in [-0.39, 0.29) is 0 Å². The summed E-state index contributed by atoms with van der Waals surface area (Å²) < 4.78 is 0. The van der Waals surface area contributed by atoms with E-state index in [0.29, 0.717) is 0 Å². The van der Waals surface area contributed by atoms with Crippen LogP contribution in [0.1, 0.15) is 38.2 Å². The van der Waals surface area contributed by atoms with Crippen molar-refractivity contribution in [1.82, 2.24) is 9.97 Å². The lowest BCUT2D eigenvalue weighted by Gasteiger charge is -2.05. The molecule has 0 fully saturated rings. The fourth-order valence-corrected chi connectivity index (χ4v) is 4.10. The smallest absolute Gasteiger partial charge is 0.169 e. The summed E-state index contributed by atoms with van der Waals surface area (Å²) in [7, 11) is 0. The summed E-state index contributed by atoms with van der Waals surface area (Å²) in [4.78, 5) is 11.6. The third-order valence-corrected chi connectivity index (χ3v) is 5.52. The van der Waals surface area contributed by atoms with Gasteiger partial charge in [0.1, 0.15) is 0 Å². The Bertz CT molecular complexity index is 701. The number of hydrogen-bond acceptors (Lipinski definition) is 4. The zero-order valence-electron chi connectivity index (χ0n) is 12.8. The Balaban J connectivity index is 1.80. The summed E-state index contributed by atoms with van der Waals surface area (Å²) in [6.45, 7) is 2.25. The minimum Gasteiger partial charge on any atom is -0.236 e. The third kappa shape index (κ3) is 3.62. The van der Waals surface area contributed by atoms with Gasteiger partial charge in [-0.2, -0.15) is 0 Å². The van der Waals surface area contributed by atoms with E-state index in [9.17, 15) is 0 Å². The Morgan fingerprint density at radius 3 is 2.77 bits per heavy atom. The van der Waals surface area contributed by atoms with Gasteiger partial charge in [-0.05, 0) is 47.4 Å². The standard InChI is InChI=1S/C18H20N2S2/c1-2-3-4-5-7-14-10-13-22-17(14)15-9-11-19-18(20-15)16-8-6-12-21-16/h6,8-13H,2-5,7H2,1H3. The van der Waals surface area contributed by atoms with Crippen molar-refractivity contribution in [2.24, 2.45) is 0 Å². The molecule has 114 valence electrons. The molecule has 0 aliphatic rings. The van der Waals surface area contributed by atoms with E-state index in [4.69, 9.17) is 4.98 Å². The Morgan fingerprint density at radius 1 is 1.00 bits per heavy atom. The predicted molar refractivity (Wildman–Crippen MR) is 96.5 cm³/mol. The maximum Gasteiger partial charge on any atom is 0.169 e. The minimum absolute atomic E-state index is 0.831. The highest BCUT2D eigenvalue weighted by atomic mass is 32.1. The van der Waals surface area contributed by atoms with Gasteiger partial charge in [0.2, 0.25) is 0 Å².